The van der Waals surface area contributed by atoms with E-state index in [9.17, 15) is 0 Å². The molecule has 1 fully saturated rings. The average Bonchev–Trinajstić information content (AvgIpc) is 2.83. The Morgan fingerprint density at radius 1 is 0.968 bits per heavy atom. The summed E-state index contributed by atoms with van der Waals surface area (Å²) in [7, 11) is 4.87. The molecule has 0 aliphatic carbocycles. The molecule has 31 heavy (non-hydrogen) atoms. The van der Waals surface area contributed by atoms with Gasteiger partial charge in [-0.2, -0.15) is 5.10 Å². The zero-order valence-corrected chi connectivity index (χ0v) is 18.4. The maximum Gasteiger partial charge on any atom is 0.204 e. The molecule has 0 unspecified atom stereocenters. The Morgan fingerprint density at radius 2 is 1.71 bits per heavy atom. The highest BCUT2D eigenvalue weighted by Gasteiger charge is 2.24. The Bertz CT molecular complexity index is 1000. The lowest BCUT2D eigenvalue weighted by Crippen LogP contribution is -2.43. The molecule has 4 rings (SSSR count). The molecule has 0 atom stereocenters. The number of methoxy groups -OCH3 is 3. The molecule has 3 aromatic rings. The molecular formula is C24H30N4O3. The number of hydrogen-bond donors (Lipinski definition) is 1. The number of benzene rings is 2. The molecule has 1 N–H and O–H groups in total. The van der Waals surface area contributed by atoms with Gasteiger partial charge in [0.15, 0.2) is 17.3 Å². The van der Waals surface area contributed by atoms with Crippen molar-refractivity contribution in [3.05, 3.63) is 48.2 Å². The molecule has 0 bridgehead atoms. The van der Waals surface area contributed by atoms with Crippen LogP contribution in [0, 0.1) is 0 Å². The third-order valence-corrected chi connectivity index (χ3v) is 5.93. The minimum Gasteiger partial charge on any atom is -0.493 e. The van der Waals surface area contributed by atoms with Crippen molar-refractivity contribution in [2.45, 2.75) is 25.3 Å². The second-order valence-electron chi connectivity index (χ2n) is 7.73. The fourth-order valence-corrected chi connectivity index (χ4v) is 4.28. The standard InChI is InChI=1S/C24H30N4O3/c1-29-21-15-19-20(22(30-2)23(21)31-3)16-26-27-24(19)28-13-10-18(11-14-28)25-12-9-17-7-5-4-6-8-17/h4-8,15-16,18,25H,9-14H2,1-3H3. The number of nitrogens with zero attached hydrogens (tertiary/aromatic N) is 3. The topological polar surface area (TPSA) is 68.7 Å². The number of hydrogen-bond acceptors (Lipinski definition) is 7. The van der Waals surface area contributed by atoms with E-state index in [4.69, 9.17) is 14.2 Å². The zero-order valence-electron chi connectivity index (χ0n) is 18.4. The van der Waals surface area contributed by atoms with Crippen LogP contribution in [0.25, 0.3) is 10.8 Å². The largest absolute Gasteiger partial charge is 0.493 e. The predicted molar refractivity (Wildman–Crippen MR) is 123 cm³/mol. The Balaban J connectivity index is 1.46. The van der Waals surface area contributed by atoms with Crippen molar-refractivity contribution in [2.75, 3.05) is 45.9 Å². The number of aromatic nitrogens is 2. The molecule has 0 radical (unpaired) electrons. The van der Waals surface area contributed by atoms with E-state index in [2.05, 4.69) is 50.7 Å². The van der Waals surface area contributed by atoms with E-state index >= 15 is 0 Å². The lowest BCUT2D eigenvalue weighted by molar-refractivity contribution is 0.327. The van der Waals surface area contributed by atoms with Crippen LogP contribution in [0.2, 0.25) is 0 Å². The van der Waals surface area contributed by atoms with Gasteiger partial charge < -0.3 is 24.4 Å². The highest BCUT2D eigenvalue weighted by molar-refractivity contribution is 5.99. The van der Waals surface area contributed by atoms with Crippen molar-refractivity contribution >= 4 is 16.6 Å². The van der Waals surface area contributed by atoms with E-state index in [-0.39, 0.29) is 0 Å². The van der Waals surface area contributed by atoms with E-state index in [0.29, 0.717) is 23.3 Å². The third-order valence-electron chi connectivity index (χ3n) is 5.93. The Kier molecular flexibility index (Phi) is 6.72. The van der Waals surface area contributed by atoms with E-state index in [1.165, 1.54) is 5.56 Å². The molecule has 0 spiro atoms. The number of nitrogens with one attached hydrogen (secondary N) is 1. The molecule has 2 aromatic carbocycles. The lowest BCUT2D eigenvalue weighted by atomic mass is 10.0. The summed E-state index contributed by atoms with van der Waals surface area (Å²) in [5.41, 5.74) is 1.37. The molecule has 7 nitrogen and oxygen atoms in total. The molecule has 164 valence electrons. The summed E-state index contributed by atoms with van der Waals surface area (Å²) in [6, 6.07) is 13.1. The summed E-state index contributed by atoms with van der Waals surface area (Å²) in [5, 5.41) is 14.3. The summed E-state index contributed by atoms with van der Waals surface area (Å²) in [6.07, 6.45) is 4.91. The van der Waals surface area contributed by atoms with Crippen molar-refractivity contribution in [1.29, 1.82) is 0 Å². The molecule has 1 aromatic heterocycles. The number of piperidine rings is 1. The molecule has 1 aliphatic rings. The van der Waals surface area contributed by atoms with Crippen LogP contribution in [0.5, 0.6) is 17.2 Å². The van der Waals surface area contributed by atoms with Gasteiger partial charge in [0.1, 0.15) is 0 Å². The number of rotatable bonds is 8. The molecule has 0 amide bonds. The van der Waals surface area contributed by atoms with Gasteiger partial charge in [-0.1, -0.05) is 30.3 Å². The van der Waals surface area contributed by atoms with E-state index in [1.54, 1.807) is 27.5 Å². The smallest absolute Gasteiger partial charge is 0.204 e. The van der Waals surface area contributed by atoms with Crippen molar-refractivity contribution < 1.29 is 14.2 Å². The predicted octanol–water partition coefficient (Wildman–Crippen LogP) is 3.46. The number of fused-ring (bicyclic) bond motifs is 1. The minimum absolute atomic E-state index is 0.520. The van der Waals surface area contributed by atoms with Crippen LogP contribution in [0.1, 0.15) is 18.4 Å². The second kappa shape index (κ2) is 9.83. The quantitative estimate of drug-likeness (QED) is 0.596. The molecular weight excluding hydrogens is 392 g/mol. The van der Waals surface area contributed by atoms with Gasteiger partial charge in [-0.15, -0.1) is 5.10 Å². The fourth-order valence-electron chi connectivity index (χ4n) is 4.28. The molecule has 0 saturated carbocycles. The normalized spacial score (nSPS) is 14.6. The van der Waals surface area contributed by atoms with Crippen LogP contribution in [0.3, 0.4) is 0 Å². The van der Waals surface area contributed by atoms with Crippen molar-refractivity contribution in [2.24, 2.45) is 0 Å². The third kappa shape index (κ3) is 4.51. The van der Waals surface area contributed by atoms with Crippen molar-refractivity contribution in [1.82, 2.24) is 15.5 Å². The molecule has 2 heterocycles. The highest BCUT2D eigenvalue weighted by Crippen LogP contribution is 2.45. The molecule has 1 aliphatic heterocycles. The zero-order chi connectivity index (χ0) is 21.6. The number of anilines is 1. The number of ether oxygens (including phenoxy) is 3. The van der Waals surface area contributed by atoms with Crippen LogP contribution in [0.4, 0.5) is 5.82 Å². The van der Waals surface area contributed by atoms with Gasteiger partial charge >= 0.3 is 0 Å². The Labute approximate surface area is 183 Å². The van der Waals surface area contributed by atoms with Crippen molar-refractivity contribution in [3.8, 4) is 17.2 Å². The lowest BCUT2D eigenvalue weighted by Gasteiger charge is -2.33. The van der Waals surface area contributed by atoms with Gasteiger partial charge in [-0.3, -0.25) is 0 Å². The monoisotopic (exact) mass is 422 g/mol. The van der Waals surface area contributed by atoms with Gasteiger partial charge in [0, 0.05) is 24.5 Å². The molecule has 7 heteroatoms. The van der Waals surface area contributed by atoms with Crippen LogP contribution in [-0.4, -0.2) is 57.2 Å². The summed E-state index contributed by atoms with van der Waals surface area (Å²) in [5.74, 6) is 2.67. The molecule has 1 saturated heterocycles. The summed E-state index contributed by atoms with van der Waals surface area (Å²) >= 11 is 0. The van der Waals surface area contributed by atoms with Gasteiger partial charge in [0.05, 0.1) is 32.9 Å². The van der Waals surface area contributed by atoms with Crippen LogP contribution >= 0.6 is 0 Å². The van der Waals surface area contributed by atoms with Gasteiger partial charge in [-0.05, 0) is 37.4 Å². The first kappa shape index (κ1) is 21.2. The first-order valence-electron chi connectivity index (χ1n) is 10.7. The van der Waals surface area contributed by atoms with Gasteiger partial charge in [0.25, 0.3) is 0 Å². The van der Waals surface area contributed by atoms with Gasteiger partial charge in [-0.25, -0.2) is 0 Å². The minimum atomic E-state index is 0.520. The van der Waals surface area contributed by atoms with Crippen molar-refractivity contribution in [3.63, 3.8) is 0 Å². The van der Waals surface area contributed by atoms with Crippen LogP contribution < -0.4 is 24.4 Å². The van der Waals surface area contributed by atoms with Crippen LogP contribution in [-0.2, 0) is 6.42 Å². The first-order chi connectivity index (χ1) is 15.2. The highest BCUT2D eigenvalue weighted by atomic mass is 16.5. The van der Waals surface area contributed by atoms with E-state index < -0.39 is 0 Å². The Hall–Kier alpha value is -3.06. The van der Waals surface area contributed by atoms with Gasteiger partial charge in [0.2, 0.25) is 5.75 Å². The second-order valence-corrected chi connectivity index (χ2v) is 7.73. The summed E-state index contributed by atoms with van der Waals surface area (Å²) < 4.78 is 16.7. The average molecular weight is 423 g/mol. The van der Waals surface area contributed by atoms with E-state index in [0.717, 1.165) is 55.5 Å². The Morgan fingerprint density at radius 3 is 2.39 bits per heavy atom. The van der Waals surface area contributed by atoms with Crippen LogP contribution in [0.15, 0.2) is 42.6 Å². The maximum atomic E-state index is 5.63. The fraction of sp³-hybridized carbons (Fsp3) is 0.417. The maximum absolute atomic E-state index is 5.63. The summed E-state index contributed by atoms with van der Waals surface area (Å²) in [6.45, 7) is 2.85. The summed E-state index contributed by atoms with van der Waals surface area (Å²) in [4.78, 5) is 2.30. The van der Waals surface area contributed by atoms with E-state index in [1.807, 2.05) is 6.07 Å². The first-order valence-corrected chi connectivity index (χ1v) is 10.7. The SMILES string of the molecule is COc1cc2c(N3CCC(NCCc4ccccc4)CC3)nncc2c(OC)c1OC.